The summed E-state index contributed by atoms with van der Waals surface area (Å²) in [6, 6.07) is 16.1. The Balaban J connectivity index is 1.54. The highest BCUT2D eigenvalue weighted by molar-refractivity contribution is 7.99. The normalized spacial score (nSPS) is 15.8. The summed E-state index contributed by atoms with van der Waals surface area (Å²) < 4.78 is 13.9. The maximum Gasteiger partial charge on any atom is 0.256 e. The minimum Gasteiger partial charge on any atom is -0.340 e. The Morgan fingerprint density at radius 2 is 1.61 bits per heavy atom. The molecule has 1 unspecified atom stereocenters. The fraction of sp³-hybridized carbons (Fsp3) is 0.364. The Morgan fingerprint density at radius 3 is 2.36 bits per heavy atom. The van der Waals surface area contributed by atoms with Crippen LogP contribution in [0.25, 0.3) is 0 Å². The topological polar surface area (TPSA) is 40.6 Å². The van der Waals surface area contributed by atoms with Gasteiger partial charge in [0.15, 0.2) is 0 Å². The number of carbonyl (C=O) groups excluding carboxylic acids is 2. The SMILES string of the molecule is CC(SCc1ccccc1)C(=O)N1CCCN(C(=O)c2ccccc2F)CC1. The Labute approximate surface area is 169 Å². The molecule has 0 N–H and O–H groups in total. The molecule has 0 saturated carbocycles. The van der Waals surface area contributed by atoms with Crippen LogP contribution in [0.4, 0.5) is 4.39 Å². The second kappa shape index (κ2) is 9.73. The predicted octanol–water partition coefficient (Wildman–Crippen LogP) is 3.82. The van der Waals surface area contributed by atoms with E-state index in [1.165, 1.54) is 17.7 Å². The van der Waals surface area contributed by atoms with Crippen molar-refractivity contribution in [3.63, 3.8) is 0 Å². The third-order valence-corrected chi connectivity index (χ3v) is 6.09. The van der Waals surface area contributed by atoms with Gasteiger partial charge in [0.25, 0.3) is 5.91 Å². The molecule has 1 fully saturated rings. The van der Waals surface area contributed by atoms with E-state index in [4.69, 9.17) is 0 Å². The molecule has 28 heavy (non-hydrogen) atoms. The highest BCUT2D eigenvalue weighted by Crippen LogP contribution is 2.20. The monoisotopic (exact) mass is 400 g/mol. The van der Waals surface area contributed by atoms with Gasteiger partial charge in [-0.2, -0.15) is 0 Å². The van der Waals surface area contributed by atoms with Crippen molar-refractivity contribution in [2.75, 3.05) is 26.2 Å². The molecule has 3 rings (SSSR count). The quantitative estimate of drug-likeness (QED) is 0.766. The largest absolute Gasteiger partial charge is 0.340 e. The van der Waals surface area contributed by atoms with Crippen molar-refractivity contribution in [2.24, 2.45) is 0 Å². The van der Waals surface area contributed by atoms with E-state index in [2.05, 4.69) is 12.1 Å². The molecule has 0 bridgehead atoms. The zero-order chi connectivity index (χ0) is 19.9. The summed E-state index contributed by atoms with van der Waals surface area (Å²) in [4.78, 5) is 28.9. The number of rotatable bonds is 5. The highest BCUT2D eigenvalue weighted by Gasteiger charge is 2.26. The maximum absolute atomic E-state index is 13.9. The predicted molar refractivity (Wildman–Crippen MR) is 111 cm³/mol. The first-order chi connectivity index (χ1) is 13.6. The van der Waals surface area contributed by atoms with Crippen molar-refractivity contribution in [1.82, 2.24) is 9.80 Å². The summed E-state index contributed by atoms with van der Waals surface area (Å²) in [7, 11) is 0. The number of hydrogen-bond donors (Lipinski definition) is 0. The number of nitrogens with zero attached hydrogens (tertiary/aromatic N) is 2. The van der Waals surface area contributed by atoms with Gasteiger partial charge in [-0.05, 0) is 31.0 Å². The molecule has 0 radical (unpaired) electrons. The molecule has 0 aromatic heterocycles. The van der Waals surface area contributed by atoms with Gasteiger partial charge in [0.05, 0.1) is 10.8 Å². The average Bonchev–Trinajstić information content (AvgIpc) is 2.98. The fourth-order valence-electron chi connectivity index (χ4n) is 3.27. The van der Waals surface area contributed by atoms with Crippen LogP contribution in [0.15, 0.2) is 54.6 Å². The first-order valence-electron chi connectivity index (χ1n) is 9.54. The molecule has 2 aromatic rings. The zero-order valence-electron chi connectivity index (χ0n) is 16.0. The number of thioether (sulfide) groups is 1. The van der Waals surface area contributed by atoms with E-state index in [-0.39, 0.29) is 22.6 Å². The van der Waals surface area contributed by atoms with E-state index in [9.17, 15) is 14.0 Å². The molecule has 148 valence electrons. The molecule has 1 aliphatic heterocycles. The Bertz CT molecular complexity index is 815. The lowest BCUT2D eigenvalue weighted by Crippen LogP contribution is -2.40. The van der Waals surface area contributed by atoms with Gasteiger partial charge in [-0.1, -0.05) is 42.5 Å². The smallest absolute Gasteiger partial charge is 0.256 e. The van der Waals surface area contributed by atoms with Crippen molar-refractivity contribution in [2.45, 2.75) is 24.3 Å². The van der Waals surface area contributed by atoms with Crippen LogP contribution >= 0.6 is 11.8 Å². The first-order valence-corrected chi connectivity index (χ1v) is 10.6. The van der Waals surface area contributed by atoms with Gasteiger partial charge in [-0.25, -0.2) is 4.39 Å². The first kappa shape index (κ1) is 20.4. The molecule has 1 atom stereocenters. The van der Waals surface area contributed by atoms with E-state index < -0.39 is 5.82 Å². The second-order valence-electron chi connectivity index (χ2n) is 6.89. The molecule has 2 amide bonds. The highest BCUT2D eigenvalue weighted by atomic mass is 32.2. The molecule has 6 heteroatoms. The lowest BCUT2D eigenvalue weighted by Gasteiger charge is -2.24. The molecular weight excluding hydrogens is 375 g/mol. The molecule has 1 aliphatic rings. The lowest BCUT2D eigenvalue weighted by atomic mass is 10.2. The van der Waals surface area contributed by atoms with Gasteiger partial charge >= 0.3 is 0 Å². The van der Waals surface area contributed by atoms with Gasteiger partial charge in [-0.15, -0.1) is 11.8 Å². The van der Waals surface area contributed by atoms with E-state index in [0.717, 1.165) is 5.75 Å². The molecule has 0 spiro atoms. The van der Waals surface area contributed by atoms with Crippen LogP contribution in [-0.4, -0.2) is 53.0 Å². The van der Waals surface area contributed by atoms with Crippen LogP contribution in [0, 0.1) is 5.82 Å². The van der Waals surface area contributed by atoms with Crippen molar-refractivity contribution in [3.8, 4) is 0 Å². The van der Waals surface area contributed by atoms with Crippen molar-refractivity contribution < 1.29 is 14.0 Å². The van der Waals surface area contributed by atoms with Gasteiger partial charge in [0.2, 0.25) is 5.91 Å². The molecule has 1 heterocycles. The Hall–Kier alpha value is -2.34. The van der Waals surface area contributed by atoms with Crippen molar-refractivity contribution >= 4 is 23.6 Å². The van der Waals surface area contributed by atoms with Crippen LogP contribution in [0.5, 0.6) is 0 Å². The molecular formula is C22H25FN2O2S. The Kier molecular flexibility index (Phi) is 7.09. The third kappa shape index (κ3) is 5.13. The summed E-state index contributed by atoms with van der Waals surface area (Å²) in [6.07, 6.45) is 0.696. The van der Waals surface area contributed by atoms with Gasteiger partial charge in [0, 0.05) is 31.9 Å². The van der Waals surface area contributed by atoms with Crippen LogP contribution in [-0.2, 0) is 10.5 Å². The van der Waals surface area contributed by atoms with Crippen LogP contribution in [0.1, 0.15) is 29.3 Å². The summed E-state index contributed by atoms with van der Waals surface area (Å²) >= 11 is 1.62. The number of amides is 2. The standard InChI is InChI=1S/C22H25FN2O2S/c1-17(28-16-18-8-3-2-4-9-18)21(26)24-12-7-13-25(15-14-24)22(27)19-10-5-6-11-20(19)23/h2-6,8-11,17H,7,12-16H2,1H3. The summed E-state index contributed by atoms with van der Waals surface area (Å²) in [6.45, 7) is 3.99. The molecule has 4 nitrogen and oxygen atoms in total. The molecule has 2 aromatic carbocycles. The summed E-state index contributed by atoms with van der Waals surface area (Å²) in [5.41, 5.74) is 1.29. The molecule has 1 saturated heterocycles. The average molecular weight is 401 g/mol. The van der Waals surface area contributed by atoms with E-state index >= 15 is 0 Å². The second-order valence-corrected chi connectivity index (χ2v) is 8.22. The number of benzene rings is 2. The number of halogens is 1. The van der Waals surface area contributed by atoms with Gasteiger partial charge in [0.1, 0.15) is 5.82 Å². The molecule has 0 aliphatic carbocycles. The maximum atomic E-state index is 13.9. The zero-order valence-corrected chi connectivity index (χ0v) is 16.8. The van der Waals surface area contributed by atoms with E-state index in [1.807, 2.05) is 30.0 Å². The Morgan fingerprint density at radius 1 is 0.964 bits per heavy atom. The van der Waals surface area contributed by atoms with Crippen LogP contribution in [0.3, 0.4) is 0 Å². The number of carbonyl (C=O) groups is 2. The van der Waals surface area contributed by atoms with Crippen LogP contribution in [0.2, 0.25) is 0 Å². The lowest BCUT2D eigenvalue weighted by molar-refractivity contribution is -0.130. The van der Waals surface area contributed by atoms with E-state index in [0.29, 0.717) is 32.6 Å². The van der Waals surface area contributed by atoms with Crippen LogP contribution < -0.4 is 0 Å². The van der Waals surface area contributed by atoms with Gasteiger partial charge in [-0.3, -0.25) is 9.59 Å². The minimum atomic E-state index is -0.504. The van der Waals surface area contributed by atoms with Crippen molar-refractivity contribution in [3.05, 3.63) is 71.5 Å². The summed E-state index contributed by atoms with van der Waals surface area (Å²) in [5, 5.41) is -0.144. The number of hydrogen-bond acceptors (Lipinski definition) is 3. The van der Waals surface area contributed by atoms with Gasteiger partial charge < -0.3 is 9.80 Å². The fourth-order valence-corrected chi connectivity index (χ4v) is 4.20. The third-order valence-electron chi connectivity index (χ3n) is 4.89. The summed E-state index contributed by atoms with van der Waals surface area (Å²) in [5.74, 6) is 0.0788. The minimum absolute atomic E-state index is 0.0917. The van der Waals surface area contributed by atoms with Crippen molar-refractivity contribution in [1.29, 1.82) is 0 Å². The van der Waals surface area contributed by atoms with E-state index in [1.54, 1.807) is 28.8 Å².